The van der Waals surface area contributed by atoms with Crippen LogP contribution in [0.3, 0.4) is 0 Å². The number of benzene rings is 3. The molecule has 256 valence electrons. The summed E-state index contributed by atoms with van der Waals surface area (Å²) in [5, 5.41) is 0. The van der Waals surface area contributed by atoms with Crippen LogP contribution in [0.4, 0.5) is 10.2 Å². The zero-order valence-electron chi connectivity index (χ0n) is 29.1. The molecule has 7 nitrogen and oxygen atoms in total. The van der Waals surface area contributed by atoms with Crippen LogP contribution >= 0.6 is 0 Å². The summed E-state index contributed by atoms with van der Waals surface area (Å²) in [6.07, 6.45) is 3.52. The Morgan fingerprint density at radius 1 is 0.780 bits per heavy atom. The van der Waals surface area contributed by atoms with Crippen molar-refractivity contribution in [1.82, 2.24) is 9.97 Å². The SMILES string of the molecule is CC1(C)OB(c2ccc(C3CCN(c4ncc(-c5ccc(OCc6ccccc6)nc5OCc5ccccc5)cc4F)CC3)cc2)OC1(C)C. The molecule has 0 atom stereocenters. The molecule has 2 saturated heterocycles. The van der Waals surface area contributed by atoms with Crippen molar-refractivity contribution in [1.29, 1.82) is 0 Å². The number of anilines is 1. The van der Waals surface area contributed by atoms with Crippen LogP contribution in [0.25, 0.3) is 11.1 Å². The molecule has 0 saturated carbocycles. The average Bonchev–Trinajstić information content (AvgIpc) is 3.36. The minimum Gasteiger partial charge on any atom is -0.473 e. The number of hydrogen-bond acceptors (Lipinski definition) is 7. The third-order valence-electron chi connectivity index (χ3n) is 10.1. The maximum Gasteiger partial charge on any atom is 0.494 e. The molecule has 0 amide bonds. The van der Waals surface area contributed by atoms with Crippen LogP contribution in [0.2, 0.25) is 0 Å². The molecule has 0 N–H and O–H groups in total. The lowest BCUT2D eigenvalue weighted by atomic mass is 9.77. The number of piperidine rings is 1. The number of hydrogen-bond donors (Lipinski definition) is 0. The molecule has 3 aromatic carbocycles. The van der Waals surface area contributed by atoms with Gasteiger partial charge in [0.15, 0.2) is 11.6 Å². The van der Waals surface area contributed by atoms with Crippen molar-refractivity contribution < 1.29 is 23.2 Å². The van der Waals surface area contributed by atoms with Gasteiger partial charge in [0.1, 0.15) is 13.2 Å². The minimum atomic E-state index is -0.374. The molecule has 2 fully saturated rings. The largest absolute Gasteiger partial charge is 0.494 e. The first-order chi connectivity index (χ1) is 24.1. The second-order valence-electron chi connectivity index (χ2n) is 14.1. The van der Waals surface area contributed by atoms with E-state index in [1.165, 1.54) is 11.6 Å². The van der Waals surface area contributed by atoms with E-state index in [9.17, 15) is 0 Å². The third-order valence-corrected chi connectivity index (χ3v) is 10.1. The molecular weight excluding hydrogens is 628 g/mol. The number of halogens is 1. The zero-order valence-corrected chi connectivity index (χ0v) is 29.1. The van der Waals surface area contributed by atoms with E-state index < -0.39 is 0 Å². The smallest absolute Gasteiger partial charge is 0.473 e. The van der Waals surface area contributed by atoms with Crippen LogP contribution in [0, 0.1) is 5.82 Å². The normalized spacial score (nSPS) is 17.1. The lowest BCUT2D eigenvalue weighted by molar-refractivity contribution is 0.00578. The van der Waals surface area contributed by atoms with E-state index in [0.29, 0.717) is 60.9 Å². The number of rotatable bonds is 10. The van der Waals surface area contributed by atoms with E-state index in [1.807, 2.05) is 71.6 Å². The van der Waals surface area contributed by atoms with Crippen LogP contribution in [-0.2, 0) is 22.5 Å². The fourth-order valence-electron chi connectivity index (χ4n) is 6.43. The Hall–Kier alpha value is -4.73. The van der Waals surface area contributed by atoms with Crippen molar-refractivity contribution >= 4 is 18.4 Å². The molecule has 4 heterocycles. The van der Waals surface area contributed by atoms with Gasteiger partial charge < -0.3 is 23.7 Å². The van der Waals surface area contributed by atoms with Crippen molar-refractivity contribution in [2.24, 2.45) is 0 Å². The molecular formula is C41H43BFN3O4. The fourth-order valence-corrected chi connectivity index (χ4v) is 6.43. The summed E-state index contributed by atoms with van der Waals surface area (Å²) in [5.74, 6) is 1.17. The van der Waals surface area contributed by atoms with Gasteiger partial charge in [0.25, 0.3) is 0 Å². The first kappa shape index (κ1) is 33.8. The van der Waals surface area contributed by atoms with Crippen molar-refractivity contribution in [3.63, 3.8) is 0 Å². The molecule has 0 aliphatic carbocycles. The summed E-state index contributed by atoms with van der Waals surface area (Å²) in [6, 6.07) is 33.5. The van der Waals surface area contributed by atoms with Crippen LogP contribution in [0.15, 0.2) is 109 Å². The Bertz CT molecular complexity index is 1880. The van der Waals surface area contributed by atoms with E-state index >= 15 is 4.39 Å². The second-order valence-corrected chi connectivity index (χ2v) is 14.1. The van der Waals surface area contributed by atoms with Crippen LogP contribution in [0.1, 0.15) is 63.1 Å². The maximum atomic E-state index is 15.8. The van der Waals surface area contributed by atoms with Crippen molar-refractivity contribution in [2.45, 2.75) is 70.9 Å². The Kier molecular flexibility index (Phi) is 9.62. The average molecular weight is 672 g/mol. The highest BCUT2D eigenvalue weighted by Gasteiger charge is 2.51. The van der Waals surface area contributed by atoms with Gasteiger partial charge >= 0.3 is 7.12 Å². The quantitative estimate of drug-likeness (QED) is 0.139. The van der Waals surface area contributed by atoms with E-state index in [4.69, 9.17) is 18.8 Å². The first-order valence-electron chi connectivity index (χ1n) is 17.4. The van der Waals surface area contributed by atoms with E-state index in [0.717, 1.165) is 29.4 Å². The van der Waals surface area contributed by atoms with Gasteiger partial charge in [-0.2, -0.15) is 4.98 Å². The van der Waals surface area contributed by atoms with E-state index in [-0.39, 0.29) is 24.1 Å². The summed E-state index contributed by atoms with van der Waals surface area (Å²) in [6.45, 7) is 10.4. The number of pyridine rings is 2. The Morgan fingerprint density at radius 3 is 1.98 bits per heavy atom. The van der Waals surface area contributed by atoms with Crippen molar-refractivity contribution in [2.75, 3.05) is 18.0 Å². The molecule has 9 heteroatoms. The molecule has 7 rings (SSSR count). The molecule has 2 aliphatic rings. The first-order valence-corrected chi connectivity index (χ1v) is 17.4. The summed E-state index contributed by atoms with van der Waals surface area (Å²) in [4.78, 5) is 11.3. The minimum absolute atomic E-state index is 0.313. The van der Waals surface area contributed by atoms with Crippen molar-refractivity contribution in [3.05, 3.63) is 132 Å². The Balaban J connectivity index is 1.02. The summed E-state index contributed by atoms with van der Waals surface area (Å²) < 4.78 is 40.4. The van der Waals surface area contributed by atoms with Gasteiger partial charge in [-0.3, -0.25) is 0 Å². The standard InChI is InChI=1S/C41H43BFN3O4/c1-40(2)41(3,4)50-42(49-40)34-17-15-31(16-18-34)32-21-23-46(24-22-32)38-36(43)25-33(26-44-38)35-19-20-37(47-27-29-11-7-5-8-12-29)45-39(35)48-28-30-13-9-6-10-14-30/h5-20,25-26,32H,21-24,27-28H2,1-4H3. The molecule has 0 spiro atoms. The second kappa shape index (κ2) is 14.3. The van der Waals surface area contributed by atoms with Gasteiger partial charge in [0, 0.05) is 36.5 Å². The lowest BCUT2D eigenvalue weighted by Gasteiger charge is -2.33. The van der Waals surface area contributed by atoms with Crippen molar-refractivity contribution in [3.8, 4) is 22.9 Å². The number of ether oxygens (including phenoxy) is 2. The van der Waals surface area contributed by atoms with Gasteiger partial charge in [-0.25, -0.2) is 9.37 Å². The van der Waals surface area contributed by atoms with Crippen LogP contribution in [-0.4, -0.2) is 41.4 Å². The molecule has 0 radical (unpaired) electrons. The highest BCUT2D eigenvalue weighted by Crippen LogP contribution is 2.38. The molecule has 0 unspecified atom stereocenters. The maximum absolute atomic E-state index is 15.8. The molecule has 0 bridgehead atoms. The van der Waals surface area contributed by atoms with Crippen LogP contribution < -0.4 is 19.8 Å². The molecule has 2 aliphatic heterocycles. The topological polar surface area (TPSA) is 65.9 Å². The summed E-state index contributed by atoms with van der Waals surface area (Å²) in [5.41, 5.74) is 4.83. The zero-order chi connectivity index (χ0) is 34.7. The summed E-state index contributed by atoms with van der Waals surface area (Å²) in [7, 11) is -0.374. The van der Waals surface area contributed by atoms with Gasteiger partial charge in [-0.15, -0.1) is 0 Å². The molecule has 50 heavy (non-hydrogen) atoms. The van der Waals surface area contributed by atoms with Gasteiger partial charge in [0.2, 0.25) is 11.8 Å². The highest BCUT2D eigenvalue weighted by molar-refractivity contribution is 6.62. The number of nitrogens with zero attached hydrogens (tertiary/aromatic N) is 3. The predicted molar refractivity (Wildman–Crippen MR) is 195 cm³/mol. The summed E-state index contributed by atoms with van der Waals surface area (Å²) >= 11 is 0. The monoisotopic (exact) mass is 671 g/mol. The van der Waals surface area contributed by atoms with E-state index in [1.54, 1.807) is 12.3 Å². The van der Waals surface area contributed by atoms with Gasteiger partial charge in [-0.05, 0) is 80.7 Å². The molecule has 2 aromatic heterocycles. The highest BCUT2D eigenvalue weighted by atomic mass is 19.1. The van der Waals surface area contributed by atoms with Gasteiger partial charge in [-0.1, -0.05) is 84.9 Å². The number of aromatic nitrogens is 2. The van der Waals surface area contributed by atoms with E-state index in [2.05, 4.69) is 61.9 Å². The third kappa shape index (κ3) is 7.39. The van der Waals surface area contributed by atoms with Gasteiger partial charge in [0.05, 0.1) is 11.2 Å². The predicted octanol–water partition coefficient (Wildman–Crippen LogP) is 8.12. The Labute approximate surface area is 294 Å². The fraction of sp³-hybridized carbons (Fsp3) is 0.317. The lowest BCUT2D eigenvalue weighted by Crippen LogP contribution is -2.41. The molecule has 5 aromatic rings. The Morgan fingerprint density at radius 2 is 1.38 bits per heavy atom. The van der Waals surface area contributed by atoms with Crippen LogP contribution in [0.5, 0.6) is 11.8 Å².